The molecule has 0 unspecified atom stereocenters. The van der Waals surface area contributed by atoms with Gasteiger partial charge in [-0.3, -0.25) is 0 Å². The Morgan fingerprint density at radius 3 is 2.55 bits per heavy atom. The molecule has 0 radical (unpaired) electrons. The van der Waals surface area contributed by atoms with Gasteiger partial charge in [0.25, 0.3) is 0 Å². The van der Waals surface area contributed by atoms with Crippen molar-refractivity contribution in [1.82, 2.24) is 9.55 Å². The first-order chi connectivity index (χ1) is 13.7. The van der Waals surface area contributed by atoms with Gasteiger partial charge in [0.15, 0.2) is 0 Å². The first-order valence-corrected chi connectivity index (χ1v) is 11.0. The first-order valence-electron chi connectivity index (χ1n) is 11.0. The van der Waals surface area contributed by atoms with Gasteiger partial charge in [-0.2, -0.15) is 0 Å². The average molecular weight is 410 g/mol. The molecule has 0 amide bonds. The minimum atomic E-state index is 0. The van der Waals surface area contributed by atoms with Crippen LogP contribution < -0.4 is 4.90 Å². The standard InChI is InChI=1S/C25H31N3.ClH/c1-18-19(2)28(16-20-8-4-3-5-9-20)23-12-14-26-25(24(18)23)27-15-13-21-10-6-7-11-22(21)17-27;/h6-7,10-12,14,20H,3-5,8-9,13,15-17H2,1-2H3;1H. The van der Waals surface area contributed by atoms with Crippen LogP contribution in [0.4, 0.5) is 5.82 Å². The molecule has 4 heteroatoms. The third-order valence-corrected chi connectivity index (χ3v) is 7.12. The number of rotatable bonds is 3. The highest BCUT2D eigenvalue weighted by atomic mass is 35.5. The van der Waals surface area contributed by atoms with E-state index in [0.29, 0.717) is 0 Å². The molecule has 0 atom stereocenters. The zero-order valence-electron chi connectivity index (χ0n) is 17.7. The molecule has 1 saturated carbocycles. The van der Waals surface area contributed by atoms with Gasteiger partial charge < -0.3 is 9.47 Å². The summed E-state index contributed by atoms with van der Waals surface area (Å²) in [5.41, 5.74) is 7.15. The maximum Gasteiger partial charge on any atom is 0.138 e. The van der Waals surface area contributed by atoms with E-state index in [2.05, 4.69) is 53.6 Å². The van der Waals surface area contributed by atoms with Gasteiger partial charge in [-0.25, -0.2) is 4.98 Å². The van der Waals surface area contributed by atoms with Gasteiger partial charge >= 0.3 is 0 Å². The molecule has 0 saturated heterocycles. The molecule has 3 heterocycles. The van der Waals surface area contributed by atoms with Gasteiger partial charge in [-0.1, -0.05) is 43.5 Å². The van der Waals surface area contributed by atoms with Crippen LogP contribution in [0.3, 0.4) is 0 Å². The number of fused-ring (bicyclic) bond motifs is 2. The minimum Gasteiger partial charge on any atom is -0.351 e. The molecule has 1 fully saturated rings. The quantitative estimate of drug-likeness (QED) is 0.512. The molecular formula is C25H32ClN3. The van der Waals surface area contributed by atoms with Crippen molar-refractivity contribution in [1.29, 1.82) is 0 Å². The lowest BCUT2D eigenvalue weighted by Gasteiger charge is -2.30. The second-order valence-corrected chi connectivity index (χ2v) is 8.79. The summed E-state index contributed by atoms with van der Waals surface area (Å²) in [7, 11) is 0. The van der Waals surface area contributed by atoms with Crippen LogP contribution in [-0.4, -0.2) is 16.1 Å². The number of aryl methyl sites for hydroxylation is 1. The lowest BCUT2D eigenvalue weighted by molar-refractivity contribution is 0.321. The largest absolute Gasteiger partial charge is 0.351 e. The fourth-order valence-electron chi connectivity index (χ4n) is 5.37. The third kappa shape index (κ3) is 3.66. The molecule has 29 heavy (non-hydrogen) atoms. The Balaban J connectivity index is 0.00000205. The van der Waals surface area contributed by atoms with Gasteiger partial charge in [0.1, 0.15) is 5.82 Å². The molecule has 1 aromatic carbocycles. The van der Waals surface area contributed by atoms with Gasteiger partial charge in [-0.15, -0.1) is 12.4 Å². The van der Waals surface area contributed by atoms with Crippen molar-refractivity contribution in [2.75, 3.05) is 11.4 Å². The van der Waals surface area contributed by atoms with Crippen LogP contribution in [0, 0.1) is 19.8 Å². The lowest BCUT2D eigenvalue weighted by atomic mass is 9.89. The number of nitrogens with zero attached hydrogens (tertiary/aromatic N) is 3. The van der Waals surface area contributed by atoms with E-state index < -0.39 is 0 Å². The summed E-state index contributed by atoms with van der Waals surface area (Å²) >= 11 is 0. The second kappa shape index (κ2) is 8.39. The maximum absolute atomic E-state index is 4.88. The van der Waals surface area contributed by atoms with Crippen LogP contribution >= 0.6 is 12.4 Å². The Labute approximate surface area is 180 Å². The number of anilines is 1. The molecule has 5 rings (SSSR count). The van der Waals surface area contributed by atoms with Crippen LogP contribution in [-0.2, 0) is 19.5 Å². The van der Waals surface area contributed by atoms with Crippen molar-refractivity contribution in [3.05, 3.63) is 58.9 Å². The SMILES string of the molecule is Cc1c(C)n(CC2CCCCC2)c2ccnc(N3CCc4ccccc4C3)c12.Cl. The van der Waals surface area contributed by atoms with E-state index in [9.17, 15) is 0 Å². The predicted octanol–water partition coefficient (Wildman–Crippen LogP) is 6.22. The molecule has 0 spiro atoms. The predicted molar refractivity (Wildman–Crippen MR) is 124 cm³/mol. The van der Waals surface area contributed by atoms with Gasteiger partial charge in [0, 0.05) is 36.9 Å². The van der Waals surface area contributed by atoms with Crippen LogP contribution in [0.2, 0.25) is 0 Å². The molecule has 0 bridgehead atoms. The Morgan fingerprint density at radius 2 is 1.76 bits per heavy atom. The lowest BCUT2D eigenvalue weighted by Crippen LogP contribution is -2.31. The smallest absolute Gasteiger partial charge is 0.138 e. The summed E-state index contributed by atoms with van der Waals surface area (Å²) in [6.45, 7) is 7.78. The fraction of sp³-hybridized carbons (Fsp3) is 0.480. The van der Waals surface area contributed by atoms with Gasteiger partial charge in [-0.05, 0) is 61.8 Å². The van der Waals surface area contributed by atoms with Crippen molar-refractivity contribution < 1.29 is 0 Å². The number of hydrogen-bond acceptors (Lipinski definition) is 2. The number of aromatic nitrogens is 2. The summed E-state index contributed by atoms with van der Waals surface area (Å²) in [4.78, 5) is 7.37. The summed E-state index contributed by atoms with van der Waals surface area (Å²) in [6.07, 6.45) is 10.1. The molecule has 1 aliphatic carbocycles. The van der Waals surface area contributed by atoms with Crippen LogP contribution in [0.15, 0.2) is 36.5 Å². The summed E-state index contributed by atoms with van der Waals surface area (Å²) in [5.74, 6) is 2.01. The number of benzene rings is 1. The topological polar surface area (TPSA) is 21.1 Å². The Hall–Kier alpha value is -2.00. The summed E-state index contributed by atoms with van der Waals surface area (Å²) < 4.78 is 2.59. The van der Waals surface area contributed by atoms with Crippen LogP contribution in [0.1, 0.15) is 54.5 Å². The summed E-state index contributed by atoms with van der Waals surface area (Å²) in [5, 5.41) is 1.37. The van der Waals surface area contributed by atoms with E-state index >= 15 is 0 Å². The van der Waals surface area contributed by atoms with Crippen LogP contribution in [0.5, 0.6) is 0 Å². The van der Waals surface area contributed by atoms with Crippen molar-refractivity contribution in [3.63, 3.8) is 0 Å². The molecule has 2 aliphatic rings. The van der Waals surface area contributed by atoms with E-state index in [1.807, 2.05) is 6.20 Å². The maximum atomic E-state index is 4.88. The number of hydrogen-bond donors (Lipinski definition) is 0. The molecular weight excluding hydrogens is 378 g/mol. The highest BCUT2D eigenvalue weighted by Gasteiger charge is 2.23. The fourth-order valence-corrected chi connectivity index (χ4v) is 5.37. The number of pyridine rings is 1. The second-order valence-electron chi connectivity index (χ2n) is 8.79. The van der Waals surface area contributed by atoms with E-state index in [4.69, 9.17) is 4.98 Å². The van der Waals surface area contributed by atoms with Crippen molar-refractivity contribution in [2.24, 2.45) is 5.92 Å². The van der Waals surface area contributed by atoms with E-state index in [1.165, 1.54) is 77.8 Å². The van der Waals surface area contributed by atoms with E-state index in [1.54, 1.807) is 0 Å². The van der Waals surface area contributed by atoms with Crippen molar-refractivity contribution in [3.8, 4) is 0 Å². The molecule has 0 N–H and O–H groups in total. The molecule has 3 nitrogen and oxygen atoms in total. The Bertz CT molecular complexity index is 1000. The van der Waals surface area contributed by atoms with Crippen LogP contribution in [0.25, 0.3) is 10.9 Å². The molecule has 154 valence electrons. The average Bonchev–Trinajstić information content (AvgIpc) is 2.99. The van der Waals surface area contributed by atoms with Crippen molar-refractivity contribution >= 4 is 29.1 Å². The van der Waals surface area contributed by atoms with Crippen molar-refractivity contribution in [2.45, 2.75) is 65.5 Å². The number of halogens is 1. The zero-order valence-corrected chi connectivity index (χ0v) is 18.5. The molecule has 2 aromatic heterocycles. The molecule has 3 aromatic rings. The minimum absolute atomic E-state index is 0. The van der Waals surface area contributed by atoms with Gasteiger partial charge in [0.05, 0.1) is 5.52 Å². The highest BCUT2D eigenvalue weighted by molar-refractivity contribution is 5.95. The first kappa shape index (κ1) is 20.3. The van der Waals surface area contributed by atoms with E-state index in [0.717, 1.165) is 25.4 Å². The zero-order chi connectivity index (χ0) is 19.1. The third-order valence-electron chi connectivity index (χ3n) is 7.12. The normalized spacial score (nSPS) is 17.2. The highest BCUT2D eigenvalue weighted by Crippen LogP contribution is 2.36. The monoisotopic (exact) mass is 409 g/mol. The summed E-state index contributed by atoms with van der Waals surface area (Å²) in [6, 6.07) is 11.1. The Morgan fingerprint density at radius 1 is 1.00 bits per heavy atom. The van der Waals surface area contributed by atoms with E-state index in [-0.39, 0.29) is 12.4 Å². The van der Waals surface area contributed by atoms with Gasteiger partial charge in [0.2, 0.25) is 0 Å². The Kier molecular flexibility index (Phi) is 5.87. The molecule has 1 aliphatic heterocycles.